The highest BCUT2D eigenvalue weighted by Gasteiger charge is 2.27. The van der Waals surface area contributed by atoms with E-state index in [1.807, 2.05) is 36.4 Å². The fourth-order valence-electron chi connectivity index (χ4n) is 6.04. The molecule has 0 saturated carbocycles. The van der Waals surface area contributed by atoms with Crippen LogP contribution in [0, 0.1) is 0 Å². The number of aromatic nitrogens is 1. The zero-order chi connectivity index (χ0) is 32.5. The van der Waals surface area contributed by atoms with Crippen molar-refractivity contribution in [1.29, 1.82) is 0 Å². The lowest BCUT2D eigenvalue weighted by atomic mass is 9.93. The van der Waals surface area contributed by atoms with Crippen LogP contribution in [0.4, 0.5) is 17.1 Å². The molecular weight excluding hydrogens is 605 g/mol. The monoisotopic (exact) mass is 636 g/mol. The molecule has 0 radical (unpaired) electrons. The molecule has 0 atom stereocenters. The zero-order valence-corrected chi connectivity index (χ0v) is 27.1. The number of benzene rings is 5. The number of fused-ring (bicyclic) bond motifs is 3. The molecule has 1 aromatic heterocycles. The molecule has 1 aliphatic heterocycles. The fraction of sp³-hybridized carbons (Fsp3) is 0.100. The van der Waals surface area contributed by atoms with Crippen molar-refractivity contribution in [2.75, 3.05) is 25.7 Å². The van der Waals surface area contributed by atoms with E-state index in [-0.39, 0.29) is 5.97 Å². The van der Waals surface area contributed by atoms with E-state index in [2.05, 4.69) is 78.2 Å². The fourth-order valence-corrected chi connectivity index (χ4v) is 7.10. The predicted molar refractivity (Wildman–Crippen MR) is 191 cm³/mol. The predicted octanol–water partition coefficient (Wildman–Crippen LogP) is 10.3. The Morgan fingerprint density at radius 3 is 2.09 bits per heavy atom. The van der Waals surface area contributed by atoms with Crippen LogP contribution in [-0.2, 0) is 4.74 Å². The Morgan fingerprint density at radius 1 is 0.787 bits per heavy atom. The molecule has 6 aromatic rings. The van der Waals surface area contributed by atoms with Crippen LogP contribution >= 0.6 is 11.8 Å². The Kier molecular flexibility index (Phi) is 8.14. The molecule has 0 fully saturated rings. The minimum Gasteiger partial charge on any atom is -0.493 e. The van der Waals surface area contributed by atoms with E-state index in [9.17, 15) is 4.79 Å². The first-order valence-corrected chi connectivity index (χ1v) is 16.1. The van der Waals surface area contributed by atoms with E-state index < -0.39 is 0 Å². The van der Waals surface area contributed by atoms with Gasteiger partial charge in [-0.1, -0.05) is 72.9 Å². The minimum absolute atomic E-state index is 0.317. The normalized spacial score (nSPS) is 11.9. The van der Waals surface area contributed by atoms with Gasteiger partial charge < -0.3 is 19.1 Å². The van der Waals surface area contributed by atoms with E-state index in [4.69, 9.17) is 19.2 Å². The summed E-state index contributed by atoms with van der Waals surface area (Å²) in [6, 6.07) is 36.6. The number of carbonyl (C=O) groups excluding carboxylic acids is 1. The molecule has 7 rings (SSSR count). The van der Waals surface area contributed by atoms with Crippen molar-refractivity contribution >= 4 is 51.8 Å². The third-order valence-corrected chi connectivity index (χ3v) is 9.38. The van der Waals surface area contributed by atoms with Gasteiger partial charge in [-0.15, -0.1) is 0 Å². The highest BCUT2D eigenvalue weighted by molar-refractivity contribution is 7.99. The van der Waals surface area contributed by atoms with E-state index in [1.165, 1.54) is 0 Å². The molecule has 0 amide bonds. The quantitative estimate of drug-likeness (QED) is 0.154. The standard InChI is InChI=1S/C40H32N2O4S/c1-5-25-19-21-33(42-31-11-7-9-13-36(31)47-37-14-10-8-12-32(37)42)39-38(25)29(28-20-22-34(44-3)35(23-28)45-4)24-30(41-39)26-15-17-27(18-16-26)40(43)46-6-2/h5,7-24H,1,6H2,2-4H3. The van der Waals surface area contributed by atoms with Gasteiger partial charge in [-0.3, -0.25) is 0 Å². The van der Waals surface area contributed by atoms with Crippen LogP contribution in [0.1, 0.15) is 22.8 Å². The molecule has 2 heterocycles. The van der Waals surface area contributed by atoms with Crippen molar-refractivity contribution in [1.82, 2.24) is 4.98 Å². The number of ether oxygens (including phenoxy) is 3. The largest absolute Gasteiger partial charge is 0.493 e. The van der Waals surface area contributed by atoms with Crippen LogP contribution < -0.4 is 14.4 Å². The summed E-state index contributed by atoms with van der Waals surface area (Å²) in [6.45, 7) is 6.30. The summed E-state index contributed by atoms with van der Waals surface area (Å²) in [6.07, 6.45) is 1.87. The second-order valence-electron chi connectivity index (χ2n) is 10.9. The van der Waals surface area contributed by atoms with Gasteiger partial charge in [0, 0.05) is 20.7 Å². The second kappa shape index (κ2) is 12.7. The Morgan fingerprint density at radius 2 is 1.45 bits per heavy atom. The number of rotatable bonds is 8. The molecule has 5 aromatic carbocycles. The molecular formula is C40H32N2O4S. The van der Waals surface area contributed by atoms with Crippen LogP contribution in [0.25, 0.3) is 39.4 Å². The number of carbonyl (C=O) groups is 1. The first kappa shape index (κ1) is 30.1. The molecule has 1 aliphatic rings. The first-order chi connectivity index (χ1) is 23.0. The summed E-state index contributed by atoms with van der Waals surface area (Å²) in [7, 11) is 3.27. The smallest absolute Gasteiger partial charge is 0.338 e. The Bertz CT molecular complexity index is 2110. The van der Waals surface area contributed by atoms with Crippen molar-refractivity contribution in [2.45, 2.75) is 16.7 Å². The van der Waals surface area contributed by atoms with Crippen LogP contribution in [0.15, 0.2) is 126 Å². The first-order valence-electron chi connectivity index (χ1n) is 15.3. The number of hydrogen-bond acceptors (Lipinski definition) is 7. The molecule has 0 bridgehead atoms. The number of para-hydroxylation sites is 2. The Hall–Kier alpha value is -5.53. The van der Waals surface area contributed by atoms with Crippen LogP contribution in [0.2, 0.25) is 0 Å². The Balaban J connectivity index is 1.54. The van der Waals surface area contributed by atoms with Crippen molar-refractivity contribution in [3.8, 4) is 33.9 Å². The van der Waals surface area contributed by atoms with Gasteiger partial charge in [0.25, 0.3) is 0 Å². The summed E-state index contributed by atoms with van der Waals surface area (Å²) in [5, 5.41) is 0.963. The Labute approximate surface area is 278 Å². The van der Waals surface area contributed by atoms with Gasteiger partial charge in [0.15, 0.2) is 11.5 Å². The molecule has 47 heavy (non-hydrogen) atoms. The minimum atomic E-state index is -0.352. The molecule has 6 nitrogen and oxygen atoms in total. The average Bonchev–Trinajstić information content (AvgIpc) is 3.12. The number of hydrogen-bond donors (Lipinski definition) is 0. The lowest BCUT2D eigenvalue weighted by Gasteiger charge is -2.33. The number of nitrogens with zero attached hydrogens (tertiary/aromatic N) is 2. The summed E-state index contributed by atoms with van der Waals surface area (Å²) in [4.78, 5) is 22.4. The summed E-state index contributed by atoms with van der Waals surface area (Å²) >= 11 is 1.77. The number of methoxy groups -OCH3 is 2. The van der Waals surface area contributed by atoms with Gasteiger partial charge in [0.05, 0.1) is 54.7 Å². The molecule has 0 unspecified atom stereocenters. The van der Waals surface area contributed by atoms with Crippen molar-refractivity contribution in [3.63, 3.8) is 0 Å². The van der Waals surface area contributed by atoms with E-state index in [0.717, 1.165) is 65.7 Å². The lowest BCUT2D eigenvalue weighted by Crippen LogP contribution is -2.15. The van der Waals surface area contributed by atoms with Crippen molar-refractivity contribution in [3.05, 3.63) is 127 Å². The highest BCUT2D eigenvalue weighted by atomic mass is 32.2. The van der Waals surface area contributed by atoms with Gasteiger partial charge in [-0.2, -0.15) is 0 Å². The highest BCUT2D eigenvalue weighted by Crippen LogP contribution is 2.53. The maximum atomic E-state index is 12.4. The maximum Gasteiger partial charge on any atom is 0.338 e. The van der Waals surface area contributed by atoms with Crippen LogP contribution in [-0.4, -0.2) is 31.8 Å². The number of esters is 1. The van der Waals surface area contributed by atoms with Crippen molar-refractivity contribution in [2.24, 2.45) is 0 Å². The third-order valence-electron chi connectivity index (χ3n) is 8.25. The average molecular weight is 637 g/mol. The molecule has 7 heteroatoms. The SMILES string of the molecule is C=Cc1ccc(N2c3ccccc3Sc3ccccc32)c2nc(-c3ccc(C(=O)OCC)cc3)cc(-c3ccc(OC)c(OC)c3)c12. The number of anilines is 3. The van der Waals surface area contributed by atoms with Crippen LogP contribution in [0.5, 0.6) is 11.5 Å². The van der Waals surface area contributed by atoms with Gasteiger partial charge >= 0.3 is 5.97 Å². The maximum absolute atomic E-state index is 12.4. The third kappa shape index (κ3) is 5.38. The van der Waals surface area contributed by atoms with E-state index in [0.29, 0.717) is 23.7 Å². The summed E-state index contributed by atoms with van der Waals surface area (Å²) < 4.78 is 16.5. The molecule has 0 saturated heterocycles. The molecule has 0 spiro atoms. The molecule has 0 aliphatic carbocycles. The second-order valence-corrected chi connectivity index (χ2v) is 12.0. The van der Waals surface area contributed by atoms with Crippen LogP contribution in [0.3, 0.4) is 0 Å². The van der Waals surface area contributed by atoms with Gasteiger partial charge in [0.2, 0.25) is 0 Å². The topological polar surface area (TPSA) is 60.9 Å². The lowest BCUT2D eigenvalue weighted by molar-refractivity contribution is 0.0526. The zero-order valence-electron chi connectivity index (χ0n) is 26.3. The van der Waals surface area contributed by atoms with E-state index in [1.54, 1.807) is 45.0 Å². The molecule has 232 valence electrons. The van der Waals surface area contributed by atoms with Gasteiger partial charge in [-0.05, 0) is 84.3 Å². The van der Waals surface area contributed by atoms with Gasteiger partial charge in [-0.25, -0.2) is 9.78 Å². The molecule has 0 N–H and O–H groups in total. The summed E-state index contributed by atoms with van der Waals surface area (Å²) in [5.74, 6) is 0.922. The van der Waals surface area contributed by atoms with E-state index >= 15 is 0 Å². The number of pyridine rings is 1. The van der Waals surface area contributed by atoms with Gasteiger partial charge in [0.1, 0.15) is 0 Å². The summed E-state index contributed by atoms with van der Waals surface area (Å²) in [5.41, 5.74) is 8.90. The van der Waals surface area contributed by atoms with Crippen molar-refractivity contribution < 1.29 is 19.0 Å².